The molecule has 0 aliphatic carbocycles. The van der Waals surface area contributed by atoms with Crippen molar-refractivity contribution in [3.05, 3.63) is 29.7 Å². The summed E-state index contributed by atoms with van der Waals surface area (Å²) in [4.78, 5) is 15.1. The summed E-state index contributed by atoms with van der Waals surface area (Å²) in [5.41, 5.74) is 2.15. The third-order valence-electron chi connectivity index (χ3n) is 1.95. The van der Waals surface area contributed by atoms with Crippen LogP contribution in [0, 0.1) is 0 Å². The van der Waals surface area contributed by atoms with Crippen molar-refractivity contribution in [3.63, 3.8) is 0 Å². The Morgan fingerprint density at radius 1 is 1.57 bits per heavy atom. The monoisotopic (exact) mass is 209 g/mol. The average molecular weight is 210 g/mol. The summed E-state index contributed by atoms with van der Waals surface area (Å²) < 4.78 is 5.25. The molecule has 1 heterocycles. The van der Waals surface area contributed by atoms with Gasteiger partial charge in [-0.2, -0.15) is 0 Å². The number of rotatable bonds is 2. The van der Waals surface area contributed by atoms with Gasteiger partial charge in [-0.05, 0) is 11.6 Å². The van der Waals surface area contributed by atoms with E-state index in [4.69, 9.17) is 16.0 Å². The number of benzene rings is 1. The van der Waals surface area contributed by atoms with Gasteiger partial charge in [0, 0.05) is 12.8 Å². The highest BCUT2D eigenvalue weighted by atomic mass is 35.5. The Morgan fingerprint density at radius 3 is 3.00 bits per heavy atom. The van der Waals surface area contributed by atoms with E-state index < -0.39 is 0 Å². The number of carbonyl (C=O) groups excluding carboxylic acids is 1. The van der Waals surface area contributed by atoms with Gasteiger partial charge >= 0.3 is 0 Å². The lowest BCUT2D eigenvalue weighted by molar-refractivity contribution is 0.0983. The van der Waals surface area contributed by atoms with E-state index in [0.29, 0.717) is 17.0 Å². The number of aromatic nitrogens is 1. The molecule has 0 aliphatic heterocycles. The summed E-state index contributed by atoms with van der Waals surface area (Å²) >= 11 is 5.73. The molecule has 2 rings (SSSR count). The minimum Gasteiger partial charge on any atom is -0.434 e. The third-order valence-corrected chi connectivity index (χ3v) is 2.24. The number of hydrogen-bond acceptors (Lipinski definition) is 3. The molecule has 72 valence electrons. The zero-order valence-corrected chi connectivity index (χ0v) is 8.34. The van der Waals surface area contributed by atoms with E-state index in [1.54, 1.807) is 6.07 Å². The van der Waals surface area contributed by atoms with E-state index in [9.17, 15) is 4.79 Å². The van der Waals surface area contributed by atoms with Crippen molar-refractivity contribution >= 4 is 28.5 Å². The van der Waals surface area contributed by atoms with Crippen molar-refractivity contribution < 1.29 is 9.21 Å². The van der Waals surface area contributed by atoms with Gasteiger partial charge in [-0.1, -0.05) is 12.1 Å². The van der Waals surface area contributed by atoms with E-state index in [1.165, 1.54) is 6.92 Å². The van der Waals surface area contributed by atoms with Gasteiger partial charge in [0.15, 0.2) is 5.58 Å². The lowest BCUT2D eigenvalue weighted by atomic mass is 10.2. The van der Waals surface area contributed by atoms with E-state index in [1.807, 2.05) is 12.1 Å². The molecular formula is C10H8ClNO2. The van der Waals surface area contributed by atoms with Gasteiger partial charge in [0.05, 0.1) is 0 Å². The summed E-state index contributed by atoms with van der Waals surface area (Å²) in [7, 11) is 0. The number of carbonyl (C=O) groups is 1. The molecule has 1 aromatic heterocycles. The number of halogens is 1. The van der Waals surface area contributed by atoms with Crippen LogP contribution in [0.5, 0.6) is 0 Å². The Kier molecular flexibility index (Phi) is 2.25. The van der Waals surface area contributed by atoms with E-state index in [2.05, 4.69) is 4.98 Å². The van der Waals surface area contributed by atoms with E-state index in [0.717, 1.165) is 5.56 Å². The van der Waals surface area contributed by atoms with Crippen LogP contribution in [0.1, 0.15) is 23.2 Å². The molecule has 0 atom stereocenters. The molecule has 0 saturated heterocycles. The predicted molar refractivity (Wildman–Crippen MR) is 53.6 cm³/mol. The Labute approximate surface area is 85.7 Å². The largest absolute Gasteiger partial charge is 0.434 e. The lowest BCUT2D eigenvalue weighted by Gasteiger charge is -1.92. The molecule has 4 heteroatoms. The summed E-state index contributed by atoms with van der Waals surface area (Å²) in [5.74, 6) is 0.320. The number of para-hydroxylation sites is 1. The molecule has 0 spiro atoms. The quantitative estimate of drug-likeness (QED) is 0.564. The topological polar surface area (TPSA) is 43.1 Å². The Balaban J connectivity index is 2.70. The fraction of sp³-hybridized carbons (Fsp3) is 0.200. The fourth-order valence-electron chi connectivity index (χ4n) is 1.26. The maximum Gasteiger partial charge on any atom is 0.263 e. The first-order chi connectivity index (χ1) is 6.72. The average Bonchev–Trinajstić information content (AvgIpc) is 2.60. The number of ketones is 1. The van der Waals surface area contributed by atoms with Crippen LogP contribution in [0.25, 0.3) is 11.1 Å². The van der Waals surface area contributed by atoms with Crippen molar-refractivity contribution in [1.82, 2.24) is 4.98 Å². The molecule has 0 unspecified atom stereocenters. The van der Waals surface area contributed by atoms with Crippen molar-refractivity contribution in [1.29, 1.82) is 0 Å². The molecule has 3 nitrogen and oxygen atoms in total. The first kappa shape index (κ1) is 9.21. The van der Waals surface area contributed by atoms with Gasteiger partial charge in [0.25, 0.3) is 5.89 Å². The highest BCUT2D eigenvalue weighted by molar-refractivity contribution is 6.17. The molecule has 0 saturated carbocycles. The SMILES string of the molecule is CC(=O)c1nc2c(CCl)cccc2o1. The minimum atomic E-state index is -0.179. The van der Waals surface area contributed by atoms with Crippen LogP contribution in [0.2, 0.25) is 0 Å². The summed E-state index contributed by atoms with van der Waals surface area (Å²) in [6.45, 7) is 1.42. The van der Waals surface area contributed by atoms with Gasteiger partial charge in [0.1, 0.15) is 5.52 Å². The molecule has 0 aliphatic rings. The van der Waals surface area contributed by atoms with Crippen molar-refractivity contribution in [3.8, 4) is 0 Å². The molecule has 2 aromatic rings. The van der Waals surface area contributed by atoms with Gasteiger partial charge in [-0.25, -0.2) is 4.98 Å². The van der Waals surface area contributed by atoms with Gasteiger partial charge in [0.2, 0.25) is 5.78 Å². The van der Waals surface area contributed by atoms with Crippen molar-refractivity contribution in [2.24, 2.45) is 0 Å². The number of Topliss-reactive ketones (excluding diaryl/α,β-unsaturated/α-hetero) is 1. The third kappa shape index (κ3) is 1.40. The van der Waals surface area contributed by atoms with Crippen LogP contribution < -0.4 is 0 Å². The zero-order chi connectivity index (χ0) is 10.1. The molecule has 0 amide bonds. The standard InChI is InChI=1S/C10H8ClNO2/c1-6(13)10-12-9-7(5-11)3-2-4-8(9)14-10/h2-4H,5H2,1H3. The molecule has 0 fully saturated rings. The van der Waals surface area contributed by atoms with Crippen molar-refractivity contribution in [2.45, 2.75) is 12.8 Å². The second-order valence-corrected chi connectivity index (χ2v) is 3.24. The van der Waals surface area contributed by atoms with Crippen LogP contribution in [-0.2, 0) is 5.88 Å². The van der Waals surface area contributed by atoms with Crippen LogP contribution in [0.3, 0.4) is 0 Å². The Morgan fingerprint density at radius 2 is 2.36 bits per heavy atom. The molecule has 14 heavy (non-hydrogen) atoms. The summed E-state index contributed by atoms with van der Waals surface area (Å²) in [6.07, 6.45) is 0. The Hall–Kier alpha value is -1.35. The second-order valence-electron chi connectivity index (χ2n) is 2.97. The minimum absolute atomic E-state index is 0.137. The van der Waals surface area contributed by atoms with Gasteiger partial charge < -0.3 is 4.42 Å². The van der Waals surface area contributed by atoms with Crippen LogP contribution in [0.15, 0.2) is 22.6 Å². The van der Waals surface area contributed by atoms with Gasteiger partial charge in [-0.15, -0.1) is 11.6 Å². The highest BCUT2D eigenvalue weighted by Gasteiger charge is 2.11. The number of nitrogens with zero attached hydrogens (tertiary/aromatic N) is 1. The fourth-order valence-corrected chi connectivity index (χ4v) is 1.48. The molecule has 1 aromatic carbocycles. The maximum atomic E-state index is 11.0. The zero-order valence-electron chi connectivity index (χ0n) is 7.58. The molecule has 0 radical (unpaired) electrons. The maximum absolute atomic E-state index is 11.0. The van der Waals surface area contributed by atoms with Crippen molar-refractivity contribution in [2.75, 3.05) is 0 Å². The number of hydrogen-bond donors (Lipinski definition) is 0. The lowest BCUT2D eigenvalue weighted by Crippen LogP contribution is -1.90. The van der Waals surface area contributed by atoms with E-state index in [-0.39, 0.29) is 11.7 Å². The first-order valence-corrected chi connectivity index (χ1v) is 4.71. The van der Waals surface area contributed by atoms with E-state index >= 15 is 0 Å². The molecular weight excluding hydrogens is 202 g/mol. The number of oxazole rings is 1. The normalized spacial score (nSPS) is 10.7. The number of fused-ring (bicyclic) bond motifs is 1. The summed E-state index contributed by atoms with van der Waals surface area (Å²) in [6, 6.07) is 5.46. The second kappa shape index (κ2) is 3.42. The van der Waals surface area contributed by atoms with Crippen LogP contribution in [0.4, 0.5) is 0 Å². The first-order valence-electron chi connectivity index (χ1n) is 4.17. The molecule has 0 bridgehead atoms. The molecule has 0 N–H and O–H groups in total. The Bertz CT molecular complexity index is 490. The van der Waals surface area contributed by atoms with Crippen LogP contribution in [-0.4, -0.2) is 10.8 Å². The predicted octanol–water partition coefficient (Wildman–Crippen LogP) is 2.77. The summed E-state index contributed by atoms with van der Waals surface area (Å²) in [5, 5.41) is 0. The van der Waals surface area contributed by atoms with Gasteiger partial charge in [-0.3, -0.25) is 4.79 Å². The smallest absolute Gasteiger partial charge is 0.263 e. The highest BCUT2D eigenvalue weighted by Crippen LogP contribution is 2.20. The number of alkyl halides is 1. The van der Waals surface area contributed by atoms with Crippen LogP contribution >= 0.6 is 11.6 Å².